The summed E-state index contributed by atoms with van der Waals surface area (Å²) in [4.78, 5) is 12.8. The highest BCUT2D eigenvalue weighted by atomic mass is 32.2. The van der Waals surface area contributed by atoms with Crippen molar-refractivity contribution in [3.05, 3.63) is 60.0 Å². The predicted octanol–water partition coefficient (Wildman–Crippen LogP) is 3.57. The highest BCUT2D eigenvalue weighted by Gasteiger charge is 2.28. The van der Waals surface area contributed by atoms with Gasteiger partial charge in [-0.2, -0.15) is 4.72 Å². The third kappa shape index (κ3) is 5.06. The Hall–Kier alpha value is -2.71. The second-order valence-electron chi connectivity index (χ2n) is 7.94. The Kier molecular flexibility index (Phi) is 6.58. The summed E-state index contributed by atoms with van der Waals surface area (Å²) in [7, 11) is -3.88. The molecule has 3 aromatic rings. The summed E-state index contributed by atoms with van der Waals surface area (Å²) in [6.45, 7) is 7.71. The Morgan fingerprint density at radius 2 is 1.73 bits per heavy atom. The van der Waals surface area contributed by atoms with Gasteiger partial charge in [-0.05, 0) is 34.7 Å². The topological polar surface area (TPSA) is 101 Å². The monoisotopic (exact) mass is 429 g/mol. The van der Waals surface area contributed by atoms with E-state index in [1.54, 1.807) is 38.1 Å². The molecule has 1 heterocycles. The maximum Gasteiger partial charge on any atom is 0.241 e. The van der Waals surface area contributed by atoms with E-state index in [1.807, 2.05) is 38.1 Å². The van der Waals surface area contributed by atoms with E-state index in [1.165, 1.54) is 0 Å². The van der Waals surface area contributed by atoms with Gasteiger partial charge >= 0.3 is 0 Å². The molecular weight excluding hydrogens is 402 g/mol. The quantitative estimate of drug-likeness (QED) is 0.570. The van der Waals surface area contributed by atoms with Crippen LogP contribution in [0.2, 0.25) is 0 Å². The lowest BCUT2D eigenvalue weighted by Crippen LogP contribution is -2.49. The second kappa shape index (κ2) is 8.97. The molecule has 0 spiro atoms. The smallest absolute Gasteiger partial charge is 0.241 e. The maximum atomic E-state index is 12.9. The number of benzene rings is 2. The van der Waals surface area contributed by atoms with Crippen molar-refractivity contribution in [2.45, 2.75) is 51.1 Å². The molecule has 2 aromatic carbocycles. The van der Waals surface area contributed by atoms with Crippen molar-refractivity contribution in [1.29, 1.82) is 0 Å². The van der Waals surface area contributed by atoms with E-state index < -0.39 is 22.0 Å². The number of sulfonamides is 1. The van der Waals surface area contributed by atoms with Gasteiger partial charge in [0.15, 0.2) is 5.76 Å². The van der Waals surface area contributed by atoms with Crippen LogP contribution in [-0.2, 0) is 21.4 Å². The van der Waals surface area contributed by atoms with Crippen molar-refractivity contribution in [2.24, 2.45) is 5.92 Å². The number of rotatable bonds is 8. The lowest BCUT2D eigenvalue weighted by atomic mass is 10.1. The van der Waals surface area contributed by atoms with Crippen LogP contribution in [0.25, 0.3) is 10.8 Å². The van der Waals surface area contributed by atoms with Gasteiger partial charge < -0.3 is 9.84 Å². The molecule has 0 bridgehead atoms. The number of aromatic nitrogens is 1. The normalized spacial score (nSPS) is 13.1. The molecule has 7 nitrogen and oxygen atoms in total. The third-order valence-corrected chi connectivity index (χ3v) is 6.31. The molecule has 160 valence electrons. The van der Waals surface area contributed by atoms with Crippen molar-refractivity contribution >= 4 is 26.7 Å². The zero-order valence-corrected chi connectivity index (χ0v) is 18.4. The van der Waals surface area contributed by atoms with E-state index >= 15 is 0 Å². The van der Waals surface area contributed by atoms with E-state index in [-0.39, 0.29) is 23.3 Å². The van der Waals surface area contributed by atoms with Crippen molar-refractivity contribution in [2.75, 3.05) is 0 Å². The number of hydrogen-bond acceptors (Lipinski definition) is 5. The van der Waals surface area contributed by atoms with Crippen LogP contribution >= 0.6 is 0 Å². The van der Waals surface area contributed by atoms with Gasteiger partial charge in [0.05, 0.1) is 17.1 Å². The van der Waals surface area contributed by atoms with E-state index in [9.17, 15) is 13.2 Å². The van der Waals surface area contributed by atoms with Gasteiger partial charge in [-0.1, -0.05) is 63.2 Å². The van der Waals surface area contributed by atoms with Crippen molar-refractivity contribution in [3.63, 3.8) is 0 Å². The van der Waals surface area contributed by atoms with E-state index in [4.69, 9.17) is 4.52 Å². The molecule has 1 unspecified atom stereocenters. The van der Waals surface area contributed by atoms with Crippen molar-refractivity contribution in [3.8, 4) is 0 Å². The van der Waals surface area contributed by atoms with E-state index in [0.29, 0.717) is 5.76 Å². The molecule has 8 heteroatoms. The molecule has 0 radical (unpaired) electrons. The minimum atomic E-state index is -3.88. The molecule has 2 N–H and O–H groups in total. The maximum absolute atomic E-state index is 12.9. The average molecular weight is 430 g/mol. The number of carbonyl (C=O) groups is 1. The number of carbonyl (C=O) groups excluding carboxylic acids is 1. The molecule has 3 rings (SSSR count). The molecule has 30 heavy (non-hydrogen) atoms. The third-order valence-electron chi connectivity index (χ3n) is 4.87. The van der Waals surface area contributed by atoms with Crippen molar-refractivity contribution < 1.29 is 17.7 Å². The van der Waals surface area contributed by atoms with Crippen LogP contribution in [0.1, 0.15) is 45.1 Å². The number of hydrogen-bond donors (Lipinski definition) is 2. The van der Waals surface area contributed by atoms with Crippen LogP contribution in [0.15, 0.2) is 57.9 Å². The molecule has 1 aromatic heterocycles. The Labute approximate surface area is 176 Å². The van der Waals surface area contributed by atoms with Gasteiger partial charge in [0, 0.05) is 6.07 Å². The molecule has 0 aliphatic heterocycles. The van der Waals surface area contributed by atoms with Gasteiger partial charge in [0.25, 0.3) is 0 Å². The van der Waals surface area contributed by atoms with Crippen LogP contribution in [0.5, 0.6) is 0 Å². The standard InChI is InChI=1S/C22H27N3O4S/c1-14(2)20-12-18(29-24-20)13-23-22(26)21(15(3)4)25-30(27,28)19-10-9-16-7-5-6-8-17(16)11-19/h5-12,14-15,21,25H,13H2,1-4H3,(H,23,26). The number of amides is 1. The van der Waals surface area contributed by atoms with Gasteiger partial charge in [-0.25, -0.2) is 8.42 Å². The fraction of sp³-hybridized carbons (Fsp3) is 0.364. The summed E-state index contributed by atoms with van der Waals surface area (Å²) in [5.74, 6) is 0.0698. The Morgan fingerprint density at radius 1 is 1.03 bits per heavy atom. The summed E-state index contributed by atoms with van der Waals surface area (Å²) in [5.41, 5.74) is 0.802. The molecule has 0 fully saturated rings. The van der Waals surface area contributed by atoms with Crippen LogP contribution in [0, 0.1) is 5.92 Å². The van der Waals surface area contributed by atoms with Crippen LogP contribution < -0.4 is 10.0 Å². The summed E-state index contributed by atoms with van der Waals surface area (Å²) in [5, 5.41) is 8.46. The first-order valence-corrected chi connectivity index (χ1v) is 11.4. The molecule has 0 aliphatic carbocycles. The van der Waals surface area contributed by atoms with Crippen molar-refractivity contribution in [1.82, 2.24) is 15.2 Å². The minimum absolute atomic E-state index is 0.122. The molecule has 0 saturated heterocycles. The van der Waals surface area contributed by atoms with E-state index in [0.717, 1.165) is 16.5 Å². The molecular formula is C22H27N3O4S. The first kappa shape index (κ1) is 22.0. The van der Waals surface area contributed by atoms with Gasteiger partial charge in [-0.15, -0.1) is 0 Å². The first-order valence-electron chi connectivity index (χ1n) is 9.91. The largest absolute Gasteiger partial charge is 0.359 e. The first-order chi connectivity index (χ1) is 14.2. The summed E-state index contributed by atoms with van der Waals surface area (Å²) >= 11 is 0. The molecule has 1 amide bonds. The fourth-order valence-corrected chi connectivity index (χ4v) is 4.41. The Bertz CT molecular complexity index is 1140. The summed E-state index contributed by atoms with van der Waals surface area (Å²) in [6, 6.07) is 13.3. The lowest BCUT2D eigenvalue weighted by Gasteiger charge is -2.21. The predicted molar refractivity (Wildman–Crippen MR) is 115 cm³/mol. The Balaban J connectivity index is 1.73. The highest BCUT2D eigenvalue weighted by molar-refractivity contribution is 7.89. The van der Waals surface area contributed by atoms with Gasteiger partial charge in [0.1, 0.15) is 6.04 Å². The second-order valence-corrected chi connectivity index (χ2v) is 9.66. The Morgan fingerprint density at radius 3 is 2.37 bits per heavy atom. The van der Waals surface area contributed by atoms with Crippen LogP contribution in [-0.4, -0.2) is 25.5 Å². The number of fused-ring (bicyclic) bond motifs is 1. The van der Waals surface area contributed by atoms with Gasteiger partial charge in [-0.3, -0.25) is 4.79 Å². The van der Waals surface area contributed by atoms with Gasteiger partial charge in [0.2, 0.25) is 15.9 Å². The summed E-state index contributed by atoms with van der Waals surface area (Å²) in [6.07, 6.45) is 0. The van der Waals surface area contributed by atoms with E-state index in [2.05, 4.69) is 15.2 Å². The summed E-state index contributed by atoms with van der Waals surface area (Å²) < 4.78 is 33.6. The zero-order chi connectivity index (χ0) is 21.9. The molecule has 0 aliphatic rings. The number of nitrogens with one attached hydrogen (secondary N) is 2. The van der Waals surface area contributed by atoms with Crippen LogP contribution in [0.4, 0.5) is 0 Å². The SMILES string of the molecule is CC(C)c1cc(CNC(=O)C(NS(=O)(=O)c2ccc3ccccc3c2)C(C)C)on1. The molecule has 0 saturated carbocycles. The zero-order valence-electron chi connectivity index (χ0n) is 17.5. The molecule has 1 atom stereocenters. The minimum Gasteiger partial charge on any atom is -0.359 e. The number of nitrogens with zero attached hydrogens (tertiary/aromatic N) is 1. The lowest BCUT2D eigenvalue weighted by molar-refractivity contribution is -0.123. The average Bonchev–Trinajstić information content (AvgIpc) is 3.19. The fourth-order valence-electron chi connectivity index (χ4n) is 3.03. The van der Waals surface area contributed by atoms with Crippen LogP contribution in [0.3, 0.4) is 0 Å². The highest BCUT2D eigenvalue weighted by Crippen LogP contribution is 2.20.